The molecule has 0 saturated carbocycles. The minimum atomic E-state index is -1.92. The lowest BCUT2D eigenvalue weighted by Gasteiger charge is -2.48. The number of hydrogen-bond donors (Lipinski definition) is 11. The molecule has 0 aromatic carbocycles. The maximum atomic E-state index is 11.6. The van der Waals surface area contributed by atoms with E-state index in [0.29, 0.717) is 0 Å². The first-order chi connectivity index (χ1) is 17.4. The minimum absolute atomic E-state index is 0.637. The Labute approximate surface area is 210 Å². The summed E-state index contributed by atoms with van der Waals surface area (Å²) in [5.41, 5.74) is 0. The smallest absolute Gasteiger partial charge is 0.217 e. The fourth-order valence-corrected chi connectivity index (χ4v) is 4.46. The van der Waals surface area contributed by atoms with Crippen LogP contribution in [0.5, 0.6) is 0 Å². The van der Waals surface area contributed by atoms with Gasteiger partial charge in [0.2, 0.25) is 5.91 Å². The van der Waals surface area contributed by atoms with Crippen molar-refractivity contribution in [1.29, 1.82) is 0 Å². The zero-order chi connectivity index (χ0) is 27.6. The molecule has 0 unspecified atom stereocenters. The molecule has 3 aliphatic rings. The molecule has 37 heavy (non-hydrogen) atoms. The van der Waals surface area contributed by atoms with Crippen molar-refractivity contribution in [2.45, 2.75) is 99.0 Å². The van der Waals surface area contributed by atoms with E-state index in [4.69, 9.17) is 23.7 Å². The predicted octanol–water partition coefficient (Wildman–Crippen LogP) is -7.43. The van der Waals surface area contributed by atoms with Gasteiger partial charge < -0.3 is 80.1 Å². The second-order valence-electron chi connectivity index (χ2n) is 9.07. The third kappa shape index (κ3) is 6.38. The van der Waals surface area contributed by atoms with Gasteiger partial charge in [-0.3, -0.25) is 4.79 Å². The summed E-state index contributed by atoms with van der Waals surface area (Å²) in [6.07, 6.45) is -23.1. The Balaban J connectivity index is 1.77. The van der Waals surface area contributed by atoms with Crippen LogP contribution in [0.1, 0.15) is 6.92 Å². The molecule has 11 N–H and O–H groups in total. The number of aliphatic hydroxyl groups excluding tert-OH is 10. The molecule has 17 heteroatoms. The standard InChI is InChI=1S/C20H35NO16/c1-5(25)21-9-11(27)10(26)6(2-22)34-19(9)36-17-8(4-24)35-20(15(31)13(17)29)37-16-7(3-23)33-18(32)14(30)12(16)28/h6-20,22-24,26-32H,2-4H2,1H3,(H,21,25)/t6-,7-,8-,9-,10+,11-,12-,13-,14-,15-,16-,17-,18-,19+,20+/m1/s1. The summed E-state index contributed by atoms with van der Waals surface area (Å²) in [4.78, 5) is 11.6. The molecule has 17 nitrogen and oxygen atoms in total. The summed E-state index contributed by atoms with van der Waals surface area (Å²) < 4.78 is 27.0. The number of carbonyl (C=O) groups is 1. The van der Waals surface area contributed by atoms with Gasteiger partial charge in [0.15, 0.2) is 18.9 Å². The quantitative estimate of drug-likeness (QED) is 0.135. The van der Waals surface area contributed by atoms with Crippen LogP contribution in [-0.4, -0.2) is 169 Å². The van der Waals surface area contributed by atoms with E-state index in [1.165, 1.54) is 0 Å². The monoisotopic (exact) mass is 545 g/mol. The van der Waals surface area contributed by atoms with E-state index < -0.39 is 118 Å². The molecule has 0 radical (unpaired) electrons. The number of ether oxygens (including phenoxy) is 5. The number of hydrogen-bond acceptors (Lipinski definition) is 16. The molecule has 0 spiro atoms. The van der Waals surface area contributed by atoms with Crippen molar-refractivity contribution in [2.75, 3.05) is 19.8 Å². The second kappa shape index (κ2) is 12.8. The number of nitrogens with one attached hydrogen (secondary N) is 1. The van der Waals surface area contributed by atoms with Gasteiger partial charge in [-0.2, -0.15) is 0 Å². The highest BCUT2D eigenvalue weighted by atomic mass is 16.7. The molecule has 216 valence electrons. The Hall–Kier alpha value is -1.13. The normalized spacial score (nSPS) is 49.0. The van der Waals surface area contributed by atoms with Gasteiger partial charge in [-0.25, -0.2) is 0 Å². The first-order valence-corrected chi connectivity index (χ1v) is 11.6. The Kier molecular flexibility index (Phi) is 10.5. The maximum absolute atomic E-state index is 11.6. The lowest BCUT2D eigenvalue weighted by atomic mass is 9.95. The molecule has 1 amide bonds. The first-order valence-electron chi connectivity index (χ1n) is 11.6. The van der Waals surface area contributed by atoms with Gasteiger partial charge >= 0.3 is 0 Å². The summed E-state index contributed by atoms with van der Waals surface area (Å²) in [6.45, 7) is -1.21. The van der Waals surface area contributed by atoms with E-state index in [-0.39, 0.29) is 0 Å². The van der Waals surface area contributed by atoms with Crippen LogP contribution in [0.3, 0.4) is 0 Å². The molecule has 3 fully saturated rings. The zero-order valence-electron chi connectivity index (χ0n) is 19.7. The molecule has 3 heterocycles. The van der Waals surface area contributed by atoms with Crippen LogP contribution >= 0.6 is 0 Å². The Morgan fingerprint density at radius 3 is 1.68 bits per heavy atom. The van der Waals surface area contributed by atoms with Gasteiger partial charge in [0.25, 0.3) is 0 Å². The van der Waals surface area contributed by atoms with Crippen molar-refractivity contribution in [1.82, 2.24) is 5.32 Å². The Bertz CT molecular complexity index is 743. The Morgan fingerprint density at radius 2 is 1.14 bits per heavy atom. The Morgan fingerprint density at radius 1 is 0.649 bits per heavy atom. The average Bonchev–Trinajstić information content (AvgIpc) is 2.87. The van der Waals surface area contributed by atoms with E-state index in [1.807, 2.05) is 0 Å². The molecular weight excluding hydrogens is 510 g/mol. The van der Waals surface area contributed by atoms with Crippen LogP contribution in [0.25, 0.3) is 0 Å². The molecule has 3 aliphatic heterocycles. The lowest BCUT2D eigenvalue weighted by Crippen LogP contribution is -2.68. The van der Waals surface area contributed by atoms with Crippen molar-refractivity contribution in [3.8, 4) is 0 Å². The highest BCUT2D eigenvalue weighted by Crippen LogP contribution is 2.32. The average molecular weight is 545 g/mol. The molecule has 0 aromatic rings. The number of carbonyl (C=O) groups excluding carboxylic acids is 1. The van der Waals surface area contributed by atoms with Crippen LogP contribution in [0, 0.1) is 0 Å². The fraction of sp³-hybridized carbons (Fsp3) is 0.950. The molecule has 15 atom stereocenters. The van der Waals surface area contributed by atoms with E-state index in [1.54, 1.807) is 0 Å². The van der Waals surface area contributed by atoms with E-state index in [9.17, 15) is 55.9 Å². The molecular formula is C20H35NO16. The highest BCUT2D eigenvalue weighted by molar-refractivity contribution is 5.73. The van der Waals surface area contributed by atoms with Crippen molar-refractivity contribution in [2.24, 2.45) is 0 Å². The van der Waals surface area contributed by atoms with Gasteiger partial charge in [-0.1, -0.05) is 0 Å². The van der Waals surface area contributed by atoms with Crippen LogP contribution in [0.15, 0.2) is 0 Å². The van der Waals surface area contributed by atoms with Gasteiger partial charge in [0.05, 0.1) is 19.8 Å². The van der Waals surface area contributed by atoms with Crippen molar-refractivity contribution >= 4 is 5.91 Å². The first kappa shape index (κ1) is 30.4. The van der Waals surface area contributed by atoms with Crippen LogP contribution < -0.4 is 5.32 Å². The fourth-order valence-electron chi connectivity index (χ4n) is 4.46. The van der Waals surface area contributed by atoms with Crippen LogP contribution in [0.2, 0.25) is 0 Å². The molecule has 3 rings (SSSR count). The summed E-state index contributed by atoms with van der Waals surface area (Å²) in [5.74, 6) is -0.637. The third-order valence-corrected chi connectivity index (χ3v) is 6.49. The predicted molar refractivity (Wildman–Crippen MR) is 113 cm³/mol. The zero-order valence-corrected chi connectivity index (χ0v) is 19.7. The van der Waals surface area contributed by atoms with E-state index >= 15 is 0 Å². The summed E-state index contributed by atoms with van der Waals surface area (Å²) in [7, 11) is 0. The van der Waals surface area contributed by atoms with Gasteiger partial charge in [0, 0.05) is 6.92 Å². The number of amides is 1. The molecule has 0 bridgehead atoms. The topological polar surface area (TPSA) is 278 Å². The molecule has 0 aromatic heterocycles. The largest absolute Gasteiger partial charge is 0.394 e. The van der Waals surface area contributed by atoms with Gasteiger partial charge in [0.1, 0.15) is 73.2 Å². The van der Waals surface area contributed by atoms with Crippen LogP contribution in [-0.2, 0) is 28.5 Å². The second-order valence-corrected chi connectivity index (χ2v) is 9.07. The number of aliphatic hydroxyl groups is 10. The minimum Gasteiger partial charge on any atom is -0.394 e. The van der Waals surface area contributed by atoms with E-state index in [0.717, 1.165) is 6.92 Å². The lowest BCUT2D eigenvalue weighted by molar-refractivity contribution is -0.372. The third-order valence-electron chi connectivity index (χ3n) is 6.49. The van der Waals surface area contributed by atoms with Crippen molar-refractivity contribution in [3.63, 3.8) is 0 Å². The summed E-state index contributed by atoms with van der Waals surface area (Å²) in [5, 5.41) is 103. The van der Waals surface area contributed by atoms with E-state index in [2.05, 4.69) is 5.32 Å². The van der Waals surface area contributed by atoms with Crippen LogP contribution in [0.4, 0.5) is 0 Å². The van der Waals surface area contributed by atoms with Gasteiger partial charge in [-0.15, -0.1) is 0 Å². The summed E-state index contributed by atoms with van der Waals surface area (Å²) >= 11 is 0. The maximum Gasteiger partial charge on any atom is 0.217 e. The highest BCUT2D eigenvalue weighted by Gasteiger charge is 2.53. The SMILES string of the molecule is CC(=O)N[C@H]1[C@H](O[C@H]2[C@H](O)[C@@H](O)[C@H](O[C@H]3[C@H](O)[C@@H](O)[C@H](O)O[C@@H]3CO)O[C@@H]2CO)O[C@H](CO)[C@H](O)[C@@H]1O. The van der Waals surface area contributed by atoms with Crippen molar-refractivity contribution < 1.29 is 79.5 Å². The summed E-state index contributed by atoms with van der Waals surface area (Å²) in [6, 6.07) is -1.39. The van der Waals surface area contributed by atoms with Crippen molar-refractivity contribution in [3.05, 3.63) is 0 Å². The molecule has 3 saturated heterocycles. The molecule has 0 aliphatic carbocycles. The number of rotatable bonds is 8. The van der Waals surface area contributed by atoms with Gasteiger partial charge in [-0.05, 0) is 0 Å².